The molecule has 1 heterocycles. The number of carbonyl (C=O) groups is 1. The van der Waals surface area contributed by atoms with Gasteiger partial charge in [-0.2, -0.15) is 0 Å². The fraction of sp³-hybridized carbons (Fsp3) is 0.850. The molecule has 0 aliphatic rings. The van der Waals surface area contributed by atoms with Gasteiger partial charge in [0.25, 0.3) is 0 Å². The van der Waals surface area contributed by atoms with Crippen molar-refractivity contribution >= 4 is 5.78 Å². The second-order valence-corrected chi connectivity index (χ2v) is 8.98. The molecule has 0 aromatic carbocycles. The lowest BCUT2D eigenvalue weighted by molar-refractivity contribution is -0.131. The number of ether oxygens (including phenoxy) is 4. The number of Topliss-reactive ketones (excluding diaryl/α,β-unsaturated/α-hetero) is 1. The molecule has 0 saturated heterocycles. The lowest BCUT2D eigenvalue weighted by Gasteiger charge is -2.17. The van der Waals surface area contributed by atoms with Crippen LogP contribution < -0.4 is 0 Å². The maximum Gasteiger partial charge on any atom is 0.163 e. The van der Waals surface area contributed by atoms with E-state index in [0.717, 1.165) is 5.69 Å². The Bertz CT molecular complexity index is 561. The molecule has 0 bridgehead atoms. The molecule has 28 heavy (non-hydrogen) atoms. The summed E-state index contributed by atoms with van der Waals surface area (Å²) in [5.41, 5.74) is 0.579. The monoisotopic (exact) mass is 399 g/mol. The molecule has 8 nitrogen and oxygen atoms in total. The van der Waals surface area contributed by atoms with Crippen LogP contribution in [0.5, 0.6) is 0 Å². The molecule has 0 amide bonds. The molecule has 1 aromatic rings. The van der Waals surface area contributed by atoms with Crippen molar-refractivity contribution in [2.75, 3.05) is 46.2 Å². The molecular weight excluding hydrogens is 362 g/mol. The maximum atomic E-state index is 11.7. The SMILES string of the molecule is CC(C)(C)COCCOCc1cn(CCOCCOCC(=O)C(C)(C)C)nn1. The molecule has 0 atom stereocenters. The quantitative estimate of drug-likeness (QED) is 0.444. The molecule has 0 radical (unpaired) electrons. The van der Waals surface area contributed by atoms with Gasteiger partial charge in [-0.1, -0.05) is 46.8 Å². The maximum absolute atomic E-state index is 11.7. The van der Waals surface area contributed by atoms with Crippen molar-refractivity contribution < 1.29 is 23.7 Å². The number of nitrogens with zero attached hydrogens (tertiary/aromatic N) is 3. The number of carbonyl (C=O) groups excluding carboxylic acids is 1. The molecule has 162 valence electrons. The Morgan fingerprint density at radius 3 is 2.25 bits per heavy atom. The third-order valence-electron chi connectivity index (χ3n) is 3.65. The van der Waals surface area contributed by atoms with Crippen molar-refractivity contribution in [2.45, 2.75) is 54.7 Å². The lowest BCUT2D eigenvalue weighted by atomic mass is 9.91. The van der Waals surface area contributed by atoms with E-state index in [0.29, 0.717) is 52.8 Å². The van der Waals surface area contributed by atoms with Crippen LogP contribution in [0.2, 0.25) is 0 Å². The minimum atomic E-state index is -0.366. The zero-order valence-corrected chi connectivity index (χ0v) is 18.3. The van der Waals surface area contributed by atoms with Crippen LogP contribution in [0, 0.1) is 10.8 Å². The van der Waals surface area contributed by atoms with Crippen LogP contribution in [0.1, 0.15) is 47.2 Å². The van der Waals surface area contributed by atoms with Gasteiger partial charge >= 0.3 is 0 Å². The van der Waals surface area contributed by atoms with Crippen molar-refractivity contribution in [1.29, 1.82) is 0 Å². The normalized spacial score (nSPS) is 12.5. The fourth-order valence-electron chi connectivity index (χ4n) is 1.95. The van der Waals surface area contributed by atoms with E-state index in [1.54, 1.807) is 4.68 Å². The van der Waals surface area contributed by atoms with E-state index in [2.05, 4.69) is 31.1 Å². The molecule has 0 N–H and O–H groups in total. The molecule has 8 heteroatoms. The standard InChI is InChI=1S/C20H37N3O5/c1-19(2,3)16-28-12-11-26-14-17-13-23(22-21-17)7-8-25-9-10-27-15-18(24)20(4,5)6/h13H,7-12,14-16H2,1-6H3. The minimum Gasteiger partial charge on any atom is -0.379 e. The Balaban J connectivity index is 2.03. The van der Waals surface area contributed by atoms with Gasteiger partial charge in [-0.05, 0) is 5.41 Å². The van der Waals surface area contributed by atoms with E-state index in [4.69, 9.17) is 18.9 Å². The first-order valence-corrected chi connectivity index (χ1v) is 9.81. The number of hydrogen-bond donors (Lipinski definition) is 0. The van der Waals surface area contributed by atoms with E-state index in [-0.39, 0.29) is 23.2 Å². The first kappa shape index (κ1) is 24.7. The number of hydrogen-bond acceptors (Lipinski definition) is 7. The molecule has 1 aromatic heterocycles. The third-order valence-corrected chi connectivity index (χ3v) is 3.65. The summed E-state index contributed by atoms with van der Waals surface area (Å²) in [7, 11) is 0. The van der Waals surface area contributed by atoms with Crippen LogP contribution >= 0.6 is 0 Å². The highest BCUT2D eigenvalue weighted by Crippen LogP contribution is 2.14. The topological polar surface area (TPSA) is 84.7 Å². The Kier molecular flexibility index (Phi) is 10.8. The van der Waals surface area contributed by atoms with Crippen molar-refractivity contribution in [1.82, 2.24) is 15.0 Å². The average molecular weight is 400 g/mol. The molecular formula is C20H37N3O5. The summed E-state index contributed by atoms with van der Waals surface area (Å²) in [6, 6.07) is 0. The minimum absolute atomic E-state index is 0.0885. The third kappa shape index (κ3) is 12.2. The number of aromatic nitrogens is 3. The summed E-state index contributed by atoms with van der Waals surface area (Å²) < 4.78 is 23.6. The second-order valence-electron chi connectivity index (χ2n) is 8.98. The molecule has 0 fully saturated rings. The molecule has 0 unspecified atom stereocenters. The number of rotatable bonds is 14. The highest BCUT2D eigenvalue weighted by Gasteiger charge is 2.20. The van der Waals surface area contributed by atoms with E-state index >= 15 is 0 Å². The van der Waals surface area contributed by atoms with E-state index in [1.165, 1.54) is 0 Å². The van der Waals surface area contributed by atoms with Gasteiger partial charge in [-0.15, -0.1) is 5.10 Å². The van der Waals surface area contributed by atoms with Gasteiger partial charge in [0.1, 0.15) is 12.3 Å². The summed E-state index contributed by atoms with van der Waals surface area (Å²) >= 11 is 0. The largest absolute Gasteiger partial charge is 0.379 e. The summed E-state index contributed by atoms with van der Waals surface area (Å²) in [4.78, 5) is 11.7. The highest BCUT2D eigenvalue weighted by molar-refractivity contribution is 5.84. The van der Waals surface area contributed by atoms with Crippen LogP contribution in [0.15, 0.2) is 6.20 Å². The summed E-state index contributed by atoms with van der Waals surface area (Å²) in [6.07, 6.45) is 1.85. The number of ketones is 1. The average Bonchev–Trinajstić information content (AvgIpc) is 3.02. The Morgan fingerprint density at radius 1 is 0.929 bits per heavy atom. The summed E-state index contributed by atoms with van der Waals surface area (Å²) in [6.45, 7) is 16.3. The molecule has 0 aliphatic heterocycles. The predicted molar refractivity (Wildman–Crippen MR) is 106 cm³/mol. The molecule has 0 spiro atoms. The van der Waals surface area contributed by atoms with Crippen LogP contribution in [-0.4, -0.2) is 67.0 Å². The first-order valence-electron chi connectivity index (χ1n) is 9.81. The second kappa shape index (κ2) is 12.3. The first-order chi connectivity index (χ1) is 13.1. The smallest absolute Gasteiger partial charge is 0.163 e. The van der Waals surface area contributed by atoms with Gasteiger partial charge in [0.15, 0.2) is 5.78 Å². The van der Waals surface area contributed by atoms with Crippen LogP contribution in [0.3, 0.4) is 0 Å². The van der Waals surface area contributed by atoms with E-state index < -0.39 is 0 Å². The van der Waals surface area contributed by atoms with Crippen LogP contribution in [-0.2, 0) is 36.9 Å². The van der Waals surface area contributed by atoms with E-state index in [9.17, 15) is 4.79 Å². The molecule has 0 saturated carbocycles. The Hall–Kier alpha value is -1.35. The molecule has 1 rings (SSSR count). The zero-order valence-electron chi connectivity index (χ0n) is 18.3. The van der Waals surface area contributed by atoms with Gasteiger partial charge in [0.05, 0.1) is 59.0 Å². The lowest BCUT2D eigenvalue weighted by Crippen LogP contribution is -2.25. The van der Waals surface area contributed by atoms with Gasteiger partial charge in [-0.25, -0.2) is 4.68 Å². The summed E-state index contributed by atoms with van der Waals surface area (Å²) in [5.74, 6) is 0.0885. The highest BCUT2D eigenvalue weighted by atomic mass is 16.5. The molecule has 0 aliphatic carbocycles. The van der Waals surface area contributed by atoms with Crippen molar-refractivity contribution in [3.8, 4) is 0 Å². The van der Waals surface area contributed by atoms with Crippen molar-refractivity contribution in [3.05, 3.63) is 11.9 Å². The Morgan fingerprint density at radius 2 is 1.57 bits per heavy atom. The zero-order chi connectivity index (χ0) is 21.0. The van der Waals surface area contributed by atoms with Crippen molar-refractivity contribution in [3.63, 3.8) is 0 Å². The van der Waals surface area contributed by atoms with Crippen LogP contribution in [0.4, 0.5) is 0 Å². The van der Waals surface area contributed by atoms with Crippen molar-refractivity contribution in [2.24, 2.45) is 10.8 Å². The predicted octanol–water partition coefficient (Wildman–Crippen LogP) is 2.51. The summed E-state index contributed by atoms with van der Waals surface area (Å²) in [5, 5.41) is 8.12. The van der Waals surface area contributed by atoms with E-state index in [1.807, 2.05) is 27.0 Å². The Labute approximate surface area is 168 Å². The van der Waals surface area contributed by atoms with Gasteiger partial charge < -0.3 is 18.9 Å². The van der Waals surface area contributed by atoms with Crippen LogP contribution in [0.25, 0.3) is 0 Å². The fourth-order valence-corrected chi connectivity index (χ4v) is 1.95. The van der Waals surface area contributed by atoms with Gasteiger partial charge in [-0.3, -0.25) is 4.79 Å². The van der Waals surface area contributed by atoms with Gasteiger partial charge in [0, 0.05) is 5.41 Å². The van der Waals surface area contributed by atoms with Gasteiger partial charge in [0.2, 0.25) is 0 Å².